The van der Waals surface area contributed by atoms with E-state index in [0.717, 1.165) is 17.6 Å². The van der Waals surface area contributed by atoms with Crippen molar-refractivity contribution in [3.8, 4) is 0 Å². The monoisotopic (exact) mass is 319 g/mol. The van der Waals surface area contributed by atoms with Crippen LogP contribution in [0.25, 0.3) is 5.57 Å². The van der Waals surface area contributed by atoms with Crippen LogP contribution in [0, 0.1) is 0 Å². The Labute approximate surface area is 119 Å². The Hall–Kier alpha value is -1.38. The van der Waals surface area contributed by atoms with Gasteiger partial charge in [-0.1, -0.05) is 0 Å². The Morgan fingerprint density at radius 1 is 1.16 bits per heavy atom. The van der Waals surface area contributed by atoms with Crippen molar-refractivity contribution in [3.05, 3.63) is 48.3 Å². The number of allylic oxidation sites excluding steroid dienone is 2. The molecule has 0 radical (unpaired) electrons. The molecule has 0 N–H and O–H groups in total. The molecule has 98 valence electrons. The van der Waals surface area contributed by atoms with E-state index in [1.807, 2.05) is 4.68 Å². The van der Waals surface area contributed by atoms with Crippen LogP contribution in [0.15, 0.2) is 42.6 Å². The van der Waals surface area contributed by atoms with Crippen LogP contribution in [0.2, 0.25) is 0 Å². The van der Waals surface area contributed by atoms with E-state index in [9.17, 15) is 0 Å². The van der Waals surface area contributed by atoms with Gasteiger partial charge in [0, 0.05) is 0 Å². The zero-order valence-corrected chi connectivity index (χ0v) is 12.5. The summed E-state index contributed by atoms with van der Waals surface area (Å²) in [6, 6.07) is 10.6. The number of nitrogens with zero attached hydrogens (tertiary/aromatic N) is 3. The molecule has 0 spiro atoms. The van der Waals surface area contributed by atoms with Gasteiger partial charge >= 0.3 is 119 Å². The van der Waals surface area contributed by atoms with Crippen LogP contribution < -0.4 is 4.46 Å². The van der Waals surface area contributed by atoms with Crippen molar-refractivity contribution in [1.29, 1.82) is 0 Å². The van der Waals surface area contributed by atoms with E-state index in [-0.39, 0.29) is 0 Å². The van der Waals surface area contributed by atoms with Gasteiger partial charge < -0.3 is 0 Å². The van der Waals surface area contributed by atoms with Gasteiger partial charge in [-0.15, -0.1) is 0 Å². The molecule has 0 fully saturated rings. The molecule has 1 aliphatic carbocycles. The summed E-state index contributed by atoms with van der Waals surface area (Å²) in [5.41, 5.74) is 3.41. The van der Waals surface area contributed by atoms with Gasteiger partial charge in [-0.3, -0.25) is 0 Å². The van der Waals surface area contributed by atoms with E-state index >= 15 is 0 Å². The van der Waals surface area contributed by atoms with Crippen LogP contribution >= 0.6 is 0 Å². The van der Waals surface area contributed by atoms with Crippen LogP contribution in [-0.4, -0.2) is 30.0 Å². The molecule has 1 aliphatic rings. The van der Waals surface area contributed by atoms with Crippen LogP contribution in [-0.2, 0) is 5.44 Å². The third kappa shape index (κ3) is 3.34. The predicted octanol–water partition coefficient (Wildman–Crippen LogP) is 2.22. The molecule has 0 bridgehead atoms. The van der Waals surface area contributed by atoms with Gasteiger partial charge in [0.2, 0.25) is 0 Å². The van der Waals surface area contributed by atoms with Gasteiger partial charge in [0.15, 0.2) is 0 Å². The zero-order valence-electron chi connectivity index (χ0n) is 10.8. The fraction of sp³-hybridized carbons (Fsp3) is 0.333. The van der Waals surface area contributed by atoms with E-state index in [4.69, 9.17) is 0 Å². The molecule has 0 amide bonds. The van der Waals surface area contributed by atoms with Gasteiger partial charge in [-0.2, -0.15) is 0 Å². The summed E-state index contributed by atoms with van der Waals surface area (Å²) in [4.78, 5) is 0. The summed E-state index contributed by atoms with van der Waals surface area (Å²) in [5.74, 6) is 0. The number of benzene rings is 1. The number of rotatable bonds is 4. The van der Waals surface area contributed by atoms with E-state index in [1.165, 1.54) is 29.3 Å². The molecule has 0 aliphatic heterocycles. The molecular formula is C15H17N3Se. The minimum atomic E-state index is 0.424. The standard InChI is InChI=1S/C15H17N3Se/c1-3-7-13(8-4-1)15-11-18(17-16-15)12-19-14-9-5-2-6-10-14/h2,5-7,9-11H,1,3-4,8,12H2. The molecule has 0 saturated carbocycles. The number of hydrogen-bond donors (Lipinski definition) is 0. The Balaban J connectivity index is 1.63. The predicted molar refractivity (Wildman–Crippen MR) is 78.3 cm³/mol. The van der Waals surface area contributed by atoms with Gasteiger partial charge in [0.25, 0.3) is 0 Å². The van der Waals surface area contributed by atoms with Crippen LogP contribution in [0.4, 0.5) is 0 Å². The second-order valence-corrected chi connectivity index (χ2v) is 6.84. The molecule has 19 heavy (non-hydrogen) atoms. The average Bonchev–Trinajstić information content (AvgIpc) is 2.96. The molecule has 4 heteroatoms. The third-order valence-electron chi connectivity index (χ3n) is 3.27. The quantitative estimate of drug-likeness (QED) is 0.810. The molecule has 0 unspecified atom stereocenters. The maximum atomic E-state index is 4.31. The fourth-order valence-corrected chi connectivity index (χ4v) is 3.83. The van der Waals surface area contributed by atoms with Gasteiger partial charge in [-0.25, -0.2) is 0 Å². The Morgan fingerprint density at radius 3 is 2.84 bits per heavy atom. The molecular weight excluding hydrogens is 301 g/mol. The van der Waals surface area contributed by atoms with E-state index in [1.54, 1.807) is 0 Å². The first-order valence-corrected chi connectivity index (χ1v) is 8.76. The summed E-state index contributed by atoms with van der Waals surface area (Å²) in [6.45, 7) is 0. The second kappa shape index (κ2) is 6.18. The first-order valence-electron chi connectivity index (χ1n) is 6.69. The summed E-state index contributed by atoms with van der Waals surface area (Å²) < 4.78 is 3.39. The van der Waals surface area contributed by atoms with Crippen molar-refractivity contribution < 1.29 is 0 Å². The summed E-state index contributed by atoms with van der Waals surface area (Å²) in [5, 5.41) is 8.55. The summed E-state index contributed by atoms with van der Waals surface area (Å²) in [6.07, 6.45) is 9.36. The van der Waals surface area contributed by atoms with E-state index in [0.29, 0.717) is 15.0 Å². The second-order valence-electron chi connectivity index (χ2n) is 4.70. The van der Waals surface area contributed by atoms with Crippen molar-refractivity contribution >= 4 is 25.0 Å². The molecule has 1 heterocycles. The number of aromatic nitrogens is 3. The van der Waals surface area contributed by atoms with Crippen molar-refractivity contribution in [2.45, 2.75) is 31.1 Å². The first-order chi connectivity index (χ1) is 9.42. The Bertz CT molecular complexity index is 560. The summed E-state index contributed by atoms with van der Waals surface area (Å²) in [7, 11) is 0. The summed E-state index contributed by atoms with van der Waals surface area (Å²) >= 11 is 0.424. The van der Waals surface area contributed by atoms with Crippen molar-refractivity contribution in [2.24, 2.45) is 0 Å². The van der Waals surface area contributed by atoms with Crippen LogP contribution in [0.1, 0.15) is 31.4 Å². The van der Waals surface area contributed by atoms with Crippen LogP contribution in [0.3, 0.4) is 0 Å². The molecule has 0 saturated heterocycles. The molecule has 3 nitrogen and oxygen atoms in total. The SMILES string of the molecule is C1=C(c2cn(C[Se]c3ccccc3)nn2)CCCC1. The fourth-order valence-electron chi connectivity index (χ4n) is 2.24. The molecule has 1 aromatic heterocycles. The van der Waals surface area contributed by atoms with Crippen molar-refractivity contribution in [1.82, 2.24) is 15.0 Å². The van der Waals surface area contributed by atoms with Crippen molar-refractivity contribution in [3.63, 3.8) is 0 Å². The molecule has 0 atom stereocenters. The maximum absolute atomic E-state index is 4.31. The van der Waals surface area contributed by atoms with Crippen LogP contribution in [0.5, 0.6) is 0 Å². The van der Waals surface area contributed by atoms with Crippen molar-refractivity contribution in [2.75, 3.05) is 0 Å². The molecule has 1 aromatic carbocycles. The minimum absolute atomic E-state index is 0.424. The van der Waals surface area contributed by atoms with Gasteiger partial charge in [-0.05, 0) is 0 Å². The molecule has 2 aromatic rings. The zero-order chi connectivity index (χ0) is 12.9. The third-order valence-corrected chi connectivity index (χ3v) is 5.36. The normalized spacial score (nSPS) is 15.3. The average molecular weight is 318 g/mol. The molecule has 3 rings (SSSR count). The van der Waals surface area contributed by atoms with Gasteiger partial charge in [0.05, 0.1) is 0 Å². The Morgan fingerprint density at radius 2 is 2.05 bits per heavy atom. The topological polar surface area (TPSA) is 30.7 Å². The Kier molecular flexibility index (Phi) is 4.11. The first kappa shape index (κ1) is 12.6. The van der Waals surface area contributed by atoms with E-state index < -0.39 is 0 Å². The van der Waals surface area contributed by atoms with E-state index in [2.05, 4.69) is 52.9 Å². The number of hydrogen-bond acceptors (Lipinski definition) is 2. The van der Waals surface area contributed by atoms with Gasteiger partial charge in [0.1, 0.15) is 0 Å².